The number of halogens is 1. The van der Waals surface area contributed by atoms with E-state index in [4.69, 9.17) is 4.74 Å². The Morgan fingerprint density at radius 1 is 1.10 bits per heavy atom. The molecule has 12 heteroatoms. The van der Waals surface area contributed by atoms with E-state index in [-0.39, 0.29) is 60.1 Å². The molecule has 0 saturated heterocycles. The molecular formula is C28H31FN6O5. The van der Waals surface area contributed by atoms with Crippen molar-refractivity contribution >= 4 is 29.2 Å². The lowest BCUT2D eigenvalue weighted by Gasteiger charge is -2.29. The molecule has 3 heterocycles. The van der Waals surface area contributed by atoms with Crippen molar-refractivity contribution in [3.8, 4) is 5.75 Å². The quantitative estimate of drug-likeness (QED) is 0.459. The van der Waals surface area contributed by atoms with Crippen LogP contribution in [0.3, 0.4) is 0 Å². The summed E-state index contributed by atoms with van der Waals surface area (Å²) in [6, 6.07) is 6.62. The predicted octanol–water partition coefficient (Wildman–Crippen LogP) is 1.93. The number of amides is 3. The van der Waals surface area contributed by atoms with E-state index in [1.807, 2.05) is 0 Å². The van der Waals surface area contributed by atoms with E-state index >= 15 is 0 Å². The Morgan fingerprint density at radius 2 is 1.88 bits per heavy atom. The van der Waals surface area contributed by atoms with Crippen molar-refractivity contribution in [3.05, 3.63) is 58.8 Å². The molecule has 1 aliphatic heterocycles. The Bertz CT molecular complexity index is 1480. The van der Waals surface area contributed by atoms with Crippen LogP contribution in [0.5, 0.6) is 5.75 Å². The number of hydrogen-bond donors (Lipinski definition) is 2. The first kappa shape index (κ1) is 27.2. The lowest BCUT2D eigenvalue weighted by molar-refractivity contribution is -0.134. The van der Waals surface area contributed by atoms with Gasteiger partial charge >= 0.3 is 0 Å². The van der Waals surface area contributed by atoms with Crippen LogP contribution in [0.2, 0.25) is 0 Å². The van der Waals surface area contributed by atoms with Gasteiger partial charge in [-0.2, -0.15) is 5.10 Å². The molecule has 2 N–H and O–H groups in total. The minimum atomic E-state index is -0.757. The maximum atomic E-state index is 14.4. The van der Waals surface area contributed by atoms with Crippen LogP contribution in [0.1, 0.15) is 57.8 Å². The Hall–Kier alpha value is -4.35. The zero-order chi connectivity index (χ0) is 28.4. The molecule has 1 saturated carbocycles. The number of ketones is 1. The van der Waals surface area contributed by atoms with Gasteiger partial charge in [0.05, 0.1) is 6.20 Å². The molecule has 40 heavy (non-hydrogen) atoms. The lowest BCUT2D eigenvalue weighted by atomic mass is 9.81. The average Bonchev–Trinajstić information content (AvgIpc) is 3.34. The number of nitrogens with one attached hydrogen (secondary N) is 2. The largest absolute Gasteiger partial charge is 0.486 e. The second-order valence-electron chi connectivity index (χ2n) is 10.5. The molecular weight excluding hydrogens is 519 g/mol. The minimum absolute atomic E-state index is 0.00650. The van der Waals surface area contributed by atoms with Gasteiger partial charge in [-0.25, -0.2) is 13.9 Å². The van der Waals surface area contributed by atoms with Crippen molar-refractivity contribution in [3.63, 3.8) is 0 Å². The lowest BCUT2D eigenvalue weighted by Crippen LogP contribution is -2.36. The van der Waals surface area contributed by atoms with E-state index in [2.05, 4.69) is 20.7 Å². The van der Waals surface area contributed by atoms with Gasteiger partial charge in [-0.3, -0.25) is 19.2 Å². The van der Waals surface area contributed by atoms with Gasteiger partial charge in [-0.1, -0.05) is 6.07 Å². The summed E-state index contributed by atoms with van der Waals surface area (Å²) >= 11 is 0. The van der Waals surface area contributed by atoms with E-state index in [0.29, 0.717) is 12.3 Å². The highest BCUT2D eigenvalue weighted by Crippen LogP contribution is 2.29. The second-order valence-corrected chi connectivity index (χ2v) is 10.5. The summed E-state index contributed by atoms with van der Waals surface area (Å²) in [5.74, 6) is -0.887. The fourth-order valence-electron chi connectivity index (χ4n) is 5.24. The molecule has 11 nitrogen and oxygen atoms in total. The molecule has 3 amide bonds. The maximum absolute atomic E-state index is 14.4. The summed E-state index contributed by atoms with van der Waals surface area (Å²) in [5.41, 5.74) is 1.13. The zero-order valence-corrected chi connectivity index (χ0v) is 22.4. The van der Waals surface area contributed by atoms with Crippen LogP contribution in [0.25, 0.3) is 5.65 Å². The molecule has 0 radical (unpaired) electrons. The number of Topliss-reactive ketones (excluding diaryl/α,β-unsaturated/α-hetero) is 1. The second kappa shape index (κ2) is 11.4. The molecule has 5 rings (SSSR count). The summed E-state index contributed by atoms with van der Waals surface area (Å²) in [5, 5.41) is 9.54. The van der Waals surface area contributed by atoms with Crippen molar-refractivity contribution in [1.82, 2.24) is 30.1 Å². The topological polar surface area (TPSA) is 135 Å². The zero-order valence-electron chi connectivity index (χ0n) is 22.4. The molecule has 0 unspecified atom stereocenters. The molecule has 0 atom stereocenters. The predicted molar refractivity (Wildman–Crippen MR) is 141 cm³/mol. The molecule has 3 aromatic rings. The highest BCUT2D eigenvalue weighted by atomic mass is 19.1. The van der Waals surface area contributed by atoms with Gasteiger partial charge in [0, 0.05) is 51.2 Å². The summed E-state index contributed by atoms with van der Waals surface area (Å²) in [6.45, 7) is 0.577. The number of rotatable bonds is 7. The highest BCUT2D eigenvalue weighted by molar-refractivity contribution is 5.98. The van der Waals surface area contributed by atoms with Gasteiger partial charge in [0.15, 0.2) is 17.2 Å². The normalized spacial score (nSPS) is 18.5. The molecule has 2 aliphatic rings. The van der Waals surface area contributed by atoms with Crippen LogP contribution in [0.4, 0.5) is 4.39 Å². The molecule has 210 valence electrons. The number of benzene rings is 1. The average molecular weight is 551 g/mol. The fourth-order valence-corrected chi connectivity index (χ4v) is 5.24. The third-order valence-electron chi connectivity index (χ3n) is 7.44. The molecule has 2 aromatic heterocycles. The third-order valence-corrected chi connectivity index (χ3v) is 7.44. The van der Waals surface area contributed by atoms with E-state index in [1.54, 1.807) is 37.2 Å². The van der Waals surface area contributed by atoms with Crippen LogP contribution in [-0.4, -0.2) is 70.2 Å². The number of ether oxygens (including phenoxy) is 1. The van der Waals surface area contributed by atoms with Gasteiger partial charge < -0.3 is 20.3 Å². The summed E-state index contributed by atoms with van der Waals surface area (Å²) in [6.07, 6.45) is 4.36. The van der Waals surface area contributed by atoms with Crippen LogP contribution in [-0.2, 0) is 22.6 Å². The highest BCUT2D eigenvalue weighted by Gasteiger charge is 2.28. The van der Waals surface area contributed by atoms with E-state index in [9.17, 15) is 23.6 Å². The van der Waals surface area contributed by atoms with E-state index in [0.717, 1.165) is 47.5 Å². The van der Waals surface area contributed by atoms with E-state index in [1.165, 1.54) is 6.07 Å². The van der Waals surface area contributed by atoms with Gasteiger partial charge in [0.25, 0.3) is 11.8 Å². The van der Waals surface area contributed by atoms with Crippen molar-refractivity contribution in [2.24, 2.45) is 11.8 Å². The van der Waals surface area contributed by atoms with Crippen LogP contribution >= 0.6 is 0 Å². The molecule has 0 bridgehead atoms. The minimum Gasteiger partial charge on any atom is -0.486 e. The van der Waals surface area contributed by atoms with Gasteiger partial charge in [-0.05, 0) is 49.3 Å². The first-order valence-corrected chi connectivity index (χ1v) is 13.3. The van der Waals surface area contributed by atoms with Gasteiger partial charge in [-0.15, -0.1) is 0 Å². The first-order chi connectivity index (χ1) is 19.2. The summed E-state index contributed by atoms with van der Waals surface area (Å²) in [4.78, 5) is 55.7. The van der Waals surface area contributed by atoms with Crippen molar-refractivity contribution < 1.29 is 28.3 Å². The first-order valence-electron chi connectivity index (χ1n) is 13.3. The number of carbonyl (C=O) groups is 4. The van der Waals surface area contributed by atoms with Crippen LogP contribution in [0.15, 0.2) is 30.5 Å². The molecule has 1 aliphatic carbocycles. The Balaban J connectivity index is 1.25. The molecule has 1 fully saturated rings. The van der Waals surface area contributed by atoms with Crippen LogP contribution < -0.4 is 15.4 Å². The monoisotopic (exact) mass is 550 g/mol. The Kier molecular flexibility index (Phi) is 7.76. The van der Waals surface area contributed by atoms with Crippen molar-refractivity contribution in [1.29, 1.82) is 0 Å². The SMILES string of the molecule is CN(C)C(=O)C1CCC(CNC(=O)c2cc(C(=O)NCc3ccc4c(c3)CC(=O)CO4)nc3c(F)cnn23)CC1. The Morgan fingerprint density at radius 3 is 2.62 bits per heavy atom. The third kappa shape index (κ3) is 5.80. The van der Waals surface area contributed by atoms with Crippen molar-refractivity contribution in [2.75, 3.05) is 27.2 Å². The Labute approximate surface area is 230 Å². The summed E-state index contributed by atoms with van der Waals surface area (Å²) < 4.78 is 20.9. The number of nitrogens with zero attached hydrogens (tertiary/aromatic N) is 4. The number of fused-ring (bicyclic) bond motifs is 2. The number of carbonyl (C=O) groups excluding carboxylic acids is 4. The molecule has 0 spiro atoms. The molecule has 1 aromatic carbocycles. The fraction of sp³-hybridized carbons (Fsp3) is 0.429. The van der Waals surface area contributed by atoms with E-state index < -0.39 is 17.6 Å². The number of hydrogen-bond acceptors (Lipinski definition) is 7. The standard InChI is InChI=1S/C28H31FN6O5/c1-34(2)28(39)18-6-3-16(4-7-18)12-31-27(38)23-11-22(33-25-21(29)14-32-35(23)25)26(37)30-13-17-5-8-24-19(9-17)10-20(36)15-40-24/h5,8-9,11,14,16,18H,3-4,6-7,10,12-13,15H2,1-2H3,(H,30,37)(H,31,38). The maximum Gasteiger partial charge on any atom is 0.270 e. The van der Waals surface area contributed by atoms with Crippen molar-refractivity contribution in [2.45, 2.75) is 38.6 Å². The number of aromatic nitrogens is 3. The van der Waals surface area contributed by atoms with Gasteiger partial charge in [0.2, 0.25) is 5.91 Å². The van der Waals surface area contributed by atoms with Gasteiger partial charge in [0.1, 0.15) is 23.7 Å². The summed E-state index contributed by atoms with van der Waals surface area (Å²) in [7, 11) is 3.51. The smallest absolute Gasteiger partial charge is 0.270 e. The van der Waals surface area contributed by atoms with Crippen LogP contribution in [0, 0.1) is 17.7 Å².